The Bertz CT molecular complexity index is 647. The van der Waals surface area contributed by atoms with Crippen LogP contribution >= 0.6 is 11.3 Å². The number of fused-ring (bicyclic) bond motifs is 1. The summed E-state index contributed by atoms with van der Waals surface area (Å²) >= 11 is 1.65. The number of carbonyl (C=O) groups is 1. The van der Waals surface area contributed by atoms with Gasteiger partial charge in [-0.3, -0.25) is 9.48 Å². The Kier molecular flexibility index (Phi) is 4.59. The molecule has 1 amide bonds. The third-order valence-corrected chi connectivity index (χ3v) is 5.04. The molecule has 5 nitrogen and oxygen atoms in total. The number of hydrogen-bond donors (Lipinski definition) is 2. The summed E-state index contributed by atoms with van der Waals surface area (Å²) in [5, 5.41) is 13.0. The summed E-state index contributed by atoms with van der Waals surface area (Å²) in [5.41, 5.74) is 2.91. The molecule has 1 aliphatic carbocycles. The van der Waals surface area contributed by atoms with Crippen molar-refractivity contribution in [2.75, 3.05) is 6.54 Å². The number of aromatic nitrogens is 2. The molecule has 2 aromatic rings. The van der Waals surface area contributed by atoms with Crippen molar-refractivity contribution in [3.8, 4) is 0 Å². The van der Waals surface area contributed by atoms with Gasteiger partial charge in [-0.05, 0) is 37.3 Å². The third kappa shape index (κ3) is 3.08. The van der Waals surface area contributed by atoms with Gasteiger partial charge in [0.2, 0.25) is 0 Å². The van der Waals surface area contributed by atoms with Gasteiger partial charge in [-0.25, -0.2) is 0 Å². The van der Waals surface area contributed by atoms with Crippen LogP contribution in [-0.4, -0.2) is 28.3 Å². The minimum absolute atomic E-state index is 0.0672. The number of aryl methyl sites for hydroxylation is 1. The zero-order valence-electron chi connectivity index (χ0n) is 13.1. The molecular formula is C16H22N4OS. The number of likely N-dealkylation sites (N-methyl/N-ethyl adjacent to an activating group) is 1. The van der Waals surface area contributed by atoms with E-state index in [0.29, 0.717) is 18.3 Å². The molecule has 22 heavy (non-hydrogen) atoms. The van der Waals surface area contributed by atoms with Crippen LogP contribution in [0.3, 0.4) is 0 Å². The molecule has 0 spiro atoms. The van der Waals surface area contributed by atoms with Crippen molar-refractivity contribution in [1.29, 1.82) is 0 Å². The van der Waals surface area contributed by atoms with E-state index in [1.165, 1.54) is 5.69 Å². The Labute approximate surface area is 134 Å². The van der Waals surface area contributed by atoms with Gasteiger partial charge in [-0.15, -0.1) is 11.3 Å². The maximum atomic E-state index is 12.5. The fourth-order valence-corrected chi connectivity index (χ4v) is 3.74. The Morgan fingerprint density at radius 1 is 1.55 bits per heavy atom. The van der Waals surface area contributed by atoms with Gasteiger partial charge in [0.05, 0.1) is 6.54 Å². The quantitative estimate of drug-likeness (QED) is 0.885. The van der Waals surface area contributed by atoms with Crippen LogP contribution < -0.4 is 10.6 Å². The smallest absolute Gasteiger partial charge is 0.272 e. The fourth-order valence-electron chi connectivity index (χ4n) is 3.10. The molecule has 3 rings (SSSR count). The number of thiophene rings is 1. The fraction of sp³-hybridized carbons (Fsp3) is 0.500. The van der Waals surface area contributed by atoms with Crippen LogP contribution in [0.15, 0.2) is 17.5 Å². The monoisotopic (exact) mass is 318 g/mol. The molecule has 0 saturated heterocycles. The van der Waals surface area contributed by atoms with Crippen LogP contribution in [0.2, 0.25) is 0 Å². The molecule has 0 fully saturated rings. The van der Waals surface area contributed by atoms with Crippen LogP contribution in [0.5, 0.6) is 0 Å². The van der Waals surface area contributed by atoms with Crippen LogP contribution in [0.25, 0.3) is 0 Å². The summed E-state index contributed by atoms with van der Waals surface area (Å²) < 4.78 is 1.87. The molecule has 118 valence electrons. The van der Waals surface area contributed by atoms with Crippen LogP contribution in [0.4, 0.5) is 0 Å². The lowest BCUT2D eigenvalue weighted by atomic mass is 9.91. The molecule has 1 atom stereocenters. The summed E-state index contributed by atoms with van der Waals surface area (Å²) in [6, 6.07) is 4.47. The SMILES string of the molecule is CCNC1CCc2c(c(C(=O)NCc3cccs3)nn2C)C1. The van der Waals surface area contributed by atoms with Crippen molar-refractivity contribution in [2.24, 2.45) is 7.05 Å². The van der Waals surface area contributed by atoms with E-state index in [2.05, 4.69) is 22.7 Å². The molecule has 2 aromatic heterocycles. The minimum atomic E-state index is -0.0672. The van der Waals surface area contributed by atoms with E-state index in [0.717, 1.165) is 36.2 Å². The molecule has 1 unspecified atom stereocenters. The van der Waals surface area contributed by atoms with Crippen molar-refractivity contribution < 1.29 is 4.79 Å². The highest BCUT2D eigenvalue weighted by atomic mass is 32.1. The second-order valence-corrected chi connectivity index (χ2v) is 6.69. The summed E-state index contributed by atoms with van der Waals surface area (Å²) in [4.78, 5) is 13.6. The van der Waals surface area contributed by atoms with Gasteiger partial charge in [-0.1, -0.05) is 13.0 Å². The summed E-state index contributed by atoms with van der Waals surface area (Å²) in [7, 11) is 1.93. The van der Waals surface area contributed by atoms with Gasteiger partial charge >= 0.3 is 0 Å². The largest absolute Gasteiger partial charge is 0.346 e. The molecule has 6 heteroatoms. The molecular weight excluding hydrogens is 296 g/mol. The van der Waals surface area contributed by atoms with E-state index in [-0.39, 0.29) is 5.91 Å². The Balaban J connectivity index is 1.75. The molecule has 2 N–H and O–H groups in total. The highest BCUT2D eigenvalue weighted by molar-refractivity contribution is 7.09. The van der Waals surface area contributed by atoms with Crippen molar-refractivity contribution in [3.63, 3.8) is 0 Å². The van der Waals surface area contributed by atoms with Crippen LogP contribution in [-0.2, 0) is 26.4 Å². The first-order valence-corrected chi connectivity index (χ1v) is 8.65. The van der Waals surface area contributed by atoms with E-state index >= 15 is 0 Å². The van der Waals surface area contributed by atoms with Gasteiger partial charge in [0, 0.05) is 29.2 Å². The van der Waals surface area contributed by atoms with Crippen molar-refractivity contribution in [3.05, 3.63) is 39.3 Å². The average Bonchev–Trinajstić information content (AvgIpc) is 3.13. The number of amides is 1. The number of rotatable bonds is 5. The number of nitrogens with zero attached hydrogens (tertiary/aromatic N) is 2. The van der Waals surface area contributed by atoms with Crippen molar-refractivity contribution >= 4 is 17.2 Å². The second-order valence-electron chi connectivity index (χ2n) is 5.66. The van der Waals surface area contributed by atoms with Crippen molar-refractivity contribution in [2.45, 2.75) is 38.8 Å². The van der Waals surface area contributed by atoms with E-state index in [9.17, 15) is 4.79 Å². The topological polar surface area (TPSA) is 59.0 Å². The van der Waals surface area contributed by atoms with E-state index < -0.39 is 0 Å². The van der Waals surface area contributed by atoms with E-state index in [1.54, 1.807) is 11.3 Å². The second kappa shape index (κ2) is 6.62. The maximum absolute atomic E-state index is 12.5. The lowest BCUT2D eigenvalue weighted by Crippen LogP contribution is -2.35. The molecule has 0 radical (unpaired) electrons. The molecule has 0 aromatic carbocycles. The molecule has 0 bridgehead atoms. The van der Waals surface area contributed by atoms with Gasteiger partial charge < -0.3 is 10.6 Å². The lowest BCUT2D eigenvalue weighted by Gasteiger charge is -2.23. The third-order valence-electron chi connectivity index (χ3n) is 4.17. The summed E-state index contributed by atoms with van der Waals surface area (Å²) in [6.45, 7) is 3.64. The van der Waals surface area contributed by atoms with Crippen molar-refractivity contribution in [1.82, 2.24) is 20.4 Å². The van der Waals surface area contributed by atoms with Crippen LogP contribution in [0, 0.1) is 0 Å². The Morgan fingerprint density at radius 3 is 3.14 bits per heavy atom. The van der Waals surface area contributed by atoms with E-state index in [4.69, 9.17) is 0 Å². The highest BCUT2D eigenvalue weighted by Gasteiger charge is 2.27. The normalized spacial score (nSPS) is 17.3. The highest BCUT2D eigenvalue weighted by Crippen LogP contribution is 2.24. The minimum Gasteiger partial charge on any atom is -0.346 e. The summed E-state index contributed by atoms with van der Waals surface area (Å²) in [6.07, 6.45) is 2.98. The lowest BCUT2D eigenvalue weighted by molar-refractivity contribution is 0.0944. The molecule has 2 heterocycles. The van der Waals surface area contributed by atoms with Gasteiger partial charge in [0.1, 0.15) is 0 Å². The maximum Gasteiger partial charge on any atom is 0.272 e. The average molecular weight is 318 g/mol. The predicted molar refractivity (Wildman–Crippen MR) is 88.2 cm³/mol. The van der Waals surface area contributed by atoms with E-state index in [1.807, 2.05) is 29.2 Å². The van der Waals surface area contributed by atoms with Gasteiger partial charge in [-0.2, -0.15) is 5.10 Å². The number of nitrogens with one attached hydrogen (secondary N) is 2. The first-order chi connectivity index (χ1) is 10.7. The zero-order valence-corrected chi connectivity index (χ0v) is 13.9. The zero-order chi connectivity index (χ0) is 15.5. The predicted octanol–water partition coefficient (Wildman–Crippen LogP) is 1.88. The first kappa shape index (κ1) is 15.2. The first-order valence-electron chi connectivity index (χ1n) is 7.77. The van der Waals surface area contributed by atoms with Crippen LogP contribution in [0.1, 0.15) is 40.0 Å². The van der Waals surface area contributed by atoms with Gasteiger partial charge in [0.25, 0.3) is 5.91 Å². The standard InChI is InChI=1S/C16H22N4OS/c1-3-17-11-6-7-14-13(9-11)15(19-20(14)2)16(21)18-10-12-5-4-8-22-12/h4-5,8,11,17H,3,6-7,9-10H2,1-2H3,(H,18,21). The number of carbonyl (C=O) groups excluding carboxylic acids is 1. The summed E-state index contributed by atoms with van der Waals surface area (Å²) in [5.74, 6) is -0.0672. The molecule has 0 saturated carbocycles. The Hall–Kier alpha value is -1.66. The number of hydrogen-bond acceptors (Lipinski definition) is 4. The van der Waals surface area contributed by atoms with Gasteiger partial charge in [0.15, 0.2) is 5.69 Å². The molecule has 0 aliphatic heterocycles. The molecule has 1 aliphatic rings. The Morgan fingerprint density at radius 2 is 2.41 bits per heavy atom.